The van der Waals surface area contributed by atoms with E-state index in [4.69, 9.17) is 0 Å². The predicted octanol–water partition coefficient (Wildman–Crippen LogP) is 5.66. The second-order valence-electron chi connectivity index (χ2n) is 16.3. The first-order chi connectivity index (χ1) is 16.2. The van der Waals surface area contributed by atoms with Crippen molar-refractivity contribution in [2.45, 2.75) is 158 Å². The molecule has 0 aromatic rings. The van der Waals surface area contributed by atoms with Gasteiger partial charge < -0.3 is 24.8 Å². The van der Waals surface area contributed by atoms with E-state index in [9.17, 15) is 0 Å². The molecule has 0 nitrogen and oxygen atoms in total. The molecule has 0 heterocycles. The van der Waals surface area contributed by atoms with Gasteiger partial charge in [0.1, 0.15) is 0 Å². The van der Waals surface area contributed by atoms with Crippen LogP contribution in [0.25, 0.3) is 0 Å². The Labute approximate surface area is 273 Å². The number of halogens is 2. The first-order valence-electron chi connectivity index (χ1n) is 15.1. The molecule has 2 fully saturated rings. The van der Waals surface area contributed by atoms with E-state index in [1.807, 2.05) is 0 Å². The fourth-order valence-corrected chi connectivity index (χ4v) is 6.70. The summed E-state index contributed by atoms with van der Waals surface area (Å²) in [5.74, 6) is 1.65. The summed E-state index contributed by atoms with van der Waals surface area (Å²) in [6, 6.07) is 0. The predicted molar refractivity (Wildman–Crippen MR) is 174 cm³/mol. The van der Waals surface area contributed by atoms with Crippen LogP contribution in [0.2, 0.25) is 0 Å². The van der Waals surface area contributed by atoms with Crippen LogP contribution in [0.4, 0.5) is 0 Å². The van der Waals surface area contributed by atoms with Gasteiger partial charge in [-0.3, -0.25) is 0 Å². The maximum atomic E-state index is 3.16. The molecule has 2 rings (SSSR count). The number of allylic oxidation sites excluding steroid dienone is 4. The molecule has 0 aromatic carbocycles. The average molecular weight is 666 g/mol. The van der Waals surface area contributed by atoms with Crippen LogP contribution in [0.15, 0.2) is 24.3 Å². The van der Waals surface area contributed by atoms with E-state index in [1.165, 1.54) is 64.2 Å². The Morgan fingerprint density at radius 1 is 0.436 bits per heavy atom. The van der Waals surface area contributed by atoms with Gasteiger partial charge in [0.2, 0.25) is 0 Å². The van der Waals surface area contributed by atoms with Gasteiger partial charge in [-0.05, 0) is 59.2 Å². The SMILES string of the molecule is CC(C)(C)C(P)(C=CC1CCCCC1)C(C)(C)C.CC(C)(C)C(P)(C=CC1CCCCC1)C(C)(C)C.[Cl-].[Cl-].[Ni+2]. The van der Waals surface area contributed by atoms with Crippen LogP contribution in [-0.2, 0) is 16.5 Å². The third-order valence-corrected chi connectivity index (χ3v) is 13.4. The number of hydrogen-bond donors (Lipinski definition) is 0. The van der Waals surface area contributed by atoms with Gasteiger partial charge in [-0.25, -0.2) is 0 Å². The van der Waals surface area contributed by atoms with Crippen LogP contribution in [0.1, 0.15) is 147 Å². The van der Waals surface area contributed by atoms with Crippen molar-refractivity contribution in [3.63, 3.8) is 0 Å². The molecule has 2 aliphatic rings. The van der Waals surface area contributed by atoms with Crippen LogP contribution in [-0.4, -0.2) is 10.3 Å². The van der Waals surface area contributed by atoms with Gasteiger partial charge in [0.15, 0.2) is 0 Å². The molecule has 5 heteroatoms. The molecule has 236 valence electrons. The molecule has 0 bridgehead atoms. The Bertz CT molecular complexity index is 615. The van der Waals surface area contributed by atoms with Crippen molar-refractivity contribution in [1.29, 1.82) is 0 Å². The summed E-state index contributed by atoms with van der Waals surface area (Å²) < 4.78 is 0. The molecule has 2 atom stereocenters. The van der Waals surface area contributed by atoms with Crippen molar-refractivity contribution in [2.24, 2.45) is 33.5 Å². The minimum Gasteiger partial charge on any atom is -1.00 e. The van der Waals surface area contributed by atoms with E-state index in [1.54, 1.807) is 0 Å². The Morgan fingerprint density at radius 2 is 0.641 bits per heavy atom. The molecule has 0 aliphatic heterocycles. The van der Waals surface area contributed by atoms with Crippen molar-refractivity contribution in [3.05, 3.63) is 24.3 Å². The van der Waals surface area contributed by atoms with Crippen molar-refractivity contribution < 1.29 is 41.3 Å². The second-order valence-corrected chi connectivity index (χ2v) is 18.1. The molecular weight excluding hydrogens is 600 g/mol. The minimum atomic E-state index is 0. The maximum Gasteiger partial charge on any atom is 2.00 e. The quantitative estimate of drug-likeness (QED) is 0.207. The third-order valence-electron chi connectivity index (χ3n) is 9.53. The zero-order chi connectivity index (χ0) is 28.1. The summed E-state index contributed by atoms with van der Waals surface area (Å²) in [6.45, 7) is 28.3. The van der Waals surface area contributed by atoms with Gasteiger partial charge >= 0.3 is 16.5 Å². The standard InChI is InChI=1S/2C17H33P.2ClH.Ni/c2*1-15(2,3)17(18,16(4,5)6)13-12-14-10-8-7-9-11-14;;;/h2*12-14H,7-11,18H2,1-6H3;2*1H;/q;;;;+2/p-2. The summed E-state index contributed by atoms with van der Waals surface area (Å²) in [5.41, 5.74) is 1.06. The summed E-state index contributed by atoms with van der Waals surface area (Å²) in [4.78, 5) is 0. The van der Waals surface area contributed by atoms with Crippen LogP contribution in [0.3, 0.4) is 0 Å². The largest absolute Gasteiger partial charge is 2.00 e. The first-order valence-corrected chi connectivity index (χ1v) is 16.3. The van der Waals surface area contributed by atoms with Gasteiger partial charge in [-0.15, -0.1) is 18.5 Å². The van der Waals surface area contributed by atoms with Crippen LogP contribution in [0, 0.1) is 33.5 Å². The molecule has 0 aromatic heterocycles. The molecule has 0 spiro atoms. The Hall–Kier alpha value is 1.41. The summed E-state index contributed by atoms with van der Waals surface area (Å²) >= 11 is 0. The zero-order valence-electron chi connectivity index (χ0n) is 27.8. The Balaban J connectivity index is -0.000000617. The molecule has 2 aliphatic carbocycles. The fraction of sp³-hybridized carbons (Fsp3) is 0.882. The summed E-state index contributed by atoms with van der Waals surface area (Å²) in [7, 11) is 6.32. The molecule has 0 amide bonds. The van der Waals surface area contributed by atoms with Crippen LogP contribution in [0.5, 0.6) is 0 Å². The maximum absolute atomic E-state index is 3.16. The Morgan fingerprint density at radius 3 is 0.821 bits per heavy atom. The fourth-order valence-electron chi connectivity index (χ4n) is 6.48. The third kappa shape index (κ3) is 12.9. The summed E-state index contributed by atoms with van der Waals surface area (Å²) in [6.07, 6.45) is 24.2. The summed E-state index contributed by atoms with van der Waals surface area (Å²) in [5, 5.41) is 0.328. The number of rotatable bonds is 4. The molecule has 0 N–H and O–H groups in total. The molecule has 0 saturated heterocycles. The van der Waals surface area contributed by atoms with Gasteiger partial charge in [0, 0.05) is 10.3 Å². The molecule has 0 radical (unpaired) electrons. The van der Waals surface area contributed by atoms with Gasteiger partial charge in [0.05, 0.1) is 0 Å². The van der Waals surface area contributed by atoms with Gasteiger partial charge in [-0.1, -0.05) is 146 Å². The van der Waals surface area contributed by atoms with Crippen molar-refractivity contribution in [1.82, 2.24) is 0 Å². The van der Waals surface area contributed by atoms with Crippen LogP contribution >= 0.6 is 18.5 Å². The van der Waals surface area contributed by atoms with Crippen molar-refractivity contribution >= 4 is 18.5 Å². The molecule has 39 heavy (non-hydrogen) atoms. The Kier molecular flexibility index (Phi) is 20.3. The van der Waals surface area contributed by atoms with E-state index in [2.05, 4.69) is 126 Å². The van der Waals surface area contributed by atoms with E-state index >= 15 is 0 Å². The zero-order valence-corrected chi connectivity index (χ0v) is 32.6. The van der Waals surface area contributed by atoms with Crippen molar-refractivity contribution in [3.8, 4) is 0 Å². The minimum absolute atomic E-state index is 0. The van der Waals surface area contributed by atoms with E-state index in [0.29, 0.717) is 0 Å². The van der Waals surface area contributed by atoms with Gasteiger partial charge in [0.25, 0.3) is 0 Å². The molecular formula is C34H66Cl2NiP2. The van der Waals surface area contributed by atoms with Gasteiger partial charge in [-0.2, -0.15) is 0 Å². The first kappa shape index (κ1) is 44.8. The van der Waals surface area contributed by atoms with Crippen molar-refractivity contribution in [2.75, 3.05) is 0 Å². The molecule has 2 saturated carbocycles. The van der Waals surface area contributed by atoms with E-state index in [0.717, 1.165) is 11.8 Å². The van der Waals surface area contributed by atoms with E-state index < -0.39 is 0 Å². The smallest absolute Gasteiger partial charge is 1.00 e. The second kappa shape index (κ2) is 17.6. The van der Waals surface area contributed by atoms with E-state index in [-0.39, 0.29) is 73.3 Å². The average Bonchev–Trinajstić information content (AvgIpc) is 2.74. The number of hydrogen-bond acceptors (Lipinski definition) is 0. The topological polar surface area (TPSA) is 0 Å². The normalized spacial score (nSPS) is 19.0. The molecule has 2 unspecified atom stereocenters. The monoisotopic (exact) mass is 664 g/mol. The van der Waals surface area contributed by atoms with Crippen LogP contribution < -0.4 is 24.8 Å².